The lowest BCUT2D eigenvalue weighted by Crippen LogP contribution is -2.26. The van der Waals surface area contributed by atoms with Gasteiger partial charge in [-0.25, -0.2) is 0 Å². The second-order valence-corrected chi connectivity index (χ2v) is 7.76. The van der Waals surface area contributed by atoms with E-state index in [9.17, 15) is 4.79 Å². The number of para-hydroxylation sites is 1. The van der Waals surface area contributed by atoms with Gasteiger partial charge in [0.05, 0.1) is 6.04 Å². The number of furan rings is 1. The second-order valence-electron chi connectivity index (χ2n) is 7.76. The average molecular weight is 403 g/mol. The number of amides is 1. The van der Waals surface area contributed by atoms with Crippen molar-refractivity contribution in [3.05, 3.63) is 71.8 Å². The molecule has 0 aliphatic carbocycles. The Morgan fingerprint density at radius 1 is 1.07 bits per heavy atom. The maximum atomic E-state index is 12.4. The molecule has 2 aromatic carbocycles. The van der Waals surface area contributed by atoms with Crippen LogP contribution >= 0.6 is 0 Å². The molecule has 0 saturated carbocycles. The number of fused-ring (bicyclic) bond motifs is 1. The lowest BCUT2D eigenvalue weighted by molar-refractivity contribution is -0.121. The lowest BCUT2D eigenvalue weighted by atomic mass is 10.0. The van der Waals surface area contributed by atoms with E-state index in [2.05, 4.69) is 41.4 Å². The molecule has 1 atom stereocenters. The van der Waals surface area contributed by atoms with Crippen molar-refractivity contribution in [1.29, 1.82) is 0 Å². The summed E-state index contributed by atoms with van der Waals surface area (Å²) >= 11 is 0. The van der Waals surface area contributed by atoms with E-state index >= 15 is 0 Å². The number of rotatable bonds is 7. The van der Waals surface area contributed by atoms with Crippen molar-refractivity contribution in [2.24, 2.45) is 0 Å². The first kappa shape index (κ1) is 19.9. The molecule has 0 aliphatic rings. The molecule has 0 radical (unpaired) electrons. The van der Waals surface area contributed by atoms with Crippen LogP contribution in [0.1, 0.15) is 56.4 Å². The van der Waals surface area contributed by atoms with E-state index in [4.69, 9.17) is 8.94 Å². The normalized spacial score (nSPS) is 12.4. The molecular weight excluding hydrogens is 378 g/mol. The van der Waals surface area contributed by atoms with Gasteiger partial charge in [0, 0.05) is 23.8 Å². The quantitative estimate of drug-likeness (QED) is 0.446. The van der Waals surface area contributed by atoms with Crippen LogP contribution in [0.4, 0.5) is 0 Å². The number of benzene rings is 2. The molecule has 1 N–H and O–H groups in total. The highest BCUT2D eigenvalue weighted by atomic mass is 16.5. The van der Waals surface area contributed by atoms with E-state index in [0.717, 1.165) is 22.3 Å². The summed E-state index contributed by atoms with van der Waals surface area (Å²) in [7, 11) is 0. The topological polar surface area (TPSA) is 81.2 Å². The third-order valence-electron chi connectivity index (χ3n) is 5.12. The Hall–Kier alpha value is -3.41. The zero-order valence-corrected chi connectivity index (χ0v) is 17.4. The standard InChI is InChI=1S/C24H25N3O3/c1-15(2)17-8-10-18(11-9-17)24-26-23(30-27-24)13-12-22(28)25-16(3)21-14-19-6-4-5-7-20(19)29-21/h4-11,14-16H,12-13H2,1-3H3,(H,25,28). The van der Waals surface area contributed by atoms with Crippen LogP contribution in [0.15, 0.2) is 63.5 Å². The minimum atomic E-state index is -0.220. The summed E-state index contributed by atoms with van der Waals surface area (Å²) in [5, 5.41) is 8.02. The maximum Gasteiger partial charge on any atom is 0.227 e. The smallest absolute Gasteiger partial charge is 0.227 e. The Bertz CT molecular complexity index is 1110. The van der Waals surface area contributed by atoms with Crippen molar-refractivity contribution >= 4 is 16.9 Å². The predicted octanol–water partition coefficient (Wildman–Crippen LogP) is 5.42. The van der Waals surface area contributed by atoms with Gasteiger partial charge in [-0.3, -0.25) is 4.79 Å². The number of aryl methyl sites for hydroxylation is 1. The van der Waals surface area contributed by atoms with Gasteiger partial charge in [0.15, 0.2) is 0 Å². The number of carbonyl (C=O) groups is 1. The molecule has 0 spiro atoms. The zero-order chi connectivity index (χ0) is 21.1. The van der Waals surface area contributed by atoms with E-state index < -0.39 is 0 Å². The van der Waals surface area contributed by atoms with E-state index in [1.165, 1.54) is 5.56 Å². The van der Waals surface area contributed by atoms with E-state index in [-0.39, 0.29) is 18.4 Å². The van der Waals surface area contributed by atoms with E-state index in [1.807, 2.05) is 49.4 Å². The molecule has 2 aromatic heterocycles. The van der Waals surface area contributed by atoms with Gasteiger partial charge >= 0.3 is 0 Å². The van der Waals surface area contributed by atoms with Crippen molar-refractivity contribution < 1.29 is 13.7 Å². The van der Waals surface area contributed by atoms with Gasteiger partial charge in [0.2, 0.25) is 17.6 Å². The van der Waals surface area contributed by atoms with Crippen LogP contribution in [0, 0.1) is 0 Å². The summed E-state index contributed by atoms with van der Waals surface area (Å²) in [5.41, 5.74) is 2.98. The largest absolute Gasteiger partial charge is 0.459 e. The zero-order valence-electron chi connectivity index (χ0n) is 17.4. The van der Waals surface area contributed by atoms with Crippen LogP contribution in [0.2, 0.25) is 0 Å². The number of hydrogen-bond acceptors (Lipinski definition) is 5. The van der Waals surface area contributed by atoms with E-state index in [0.29, 0.717) is 24.1 Å². The molecule has 4 rings (SSSR count). The SMILES string of the molecule is CC(C)c1ccc(-c2noc(CCC(=O)NC(C)c3cc4ccccc4o3)n2)cc1. The minimum absolute atomic E-state index is 0.0935. The summed E-state index contributed by atoms with van der Waals surface area (Å²) in [6.45, 7) is 6.21. The number of aromatic nitrogens is 2. The fourth-order valence-electron chi connectivity index (χ4n) is 3.31. The summed E-state index contributed by atoms with van der Waals surface area (Å²) in [5.74, 6) is 2.10. The number of nitrogens with zero attached hydrogens (tertiary/aromatic N) is 2. The Balaban J connectivity index is 1.32. The van der Waals surface area contributed by atoms with Crippen molar-refractivity contribution in [1.82, 2.24) is 15.5 Å². The molecule has 6 heteroatoms. The van der Waals surface area contributed by atoms with Crippen molar-refractivity contribution in [2.75, 3.05) is 0 Å². The van der Waals surface area contributed by atoms with Crippen molar-refractivity contribution in [3.63, 3.8) is 0 Å². The van der Waals surface area contributed by atoms with Gasteiger partial charge in [-0.2, -0.15) is 4.98 Å². The third-order valence-corrected chi connectivity index (χ3v) is 5.12. The summed E-state index contributed by atoms with van der Waals surface area (Å²) in [4.78, 5) is 16.8. The molecule has 4 aromatic rings. The lowest BCUT2D eigenvalue weighted by Gasteiger charge is -2.10. The highest BCUT2D eigenvalue weighted by molar-refractivity contribution is 5.79. The second kappa shape index (κ2) is 8.53. The number of nitrogens with one attached hydrogen (secondary N) is 1. The first-order chi connectivity index (χ1) is 14.5. The molecule has 0 fully saturated rings. The predicted molar refractivity (Wildman–Crippen MR) is 115 cm³/mol. The molecule has 2 heterocycles. The summed E-state index contributed by atoms with van der Waals surface area (Å²) in [6.07, 6.45) is 0.647. The monoisotopic (exact) mass is 403 g/mol. The number of hydrogen-bond donors (Lipinski definition) is 1. The third kappa shape index (κ3) is 4.43. The molecule has 0 bridgehead atoms. The van der Waals surface area contributed by atoms with Crippen molar-refractivity contribution in [3.8, 4) is 11.4 Å². The van der Waals surface area contributed by atoms with Gasteiger partial charge in [-0.05, 0) is 30.5 Å². The van der Waals surface area contributed by atoms with E-state index in [1.54, 1.807) is 0 Å². The fourth-order valence-corrected chi connectivity index (χ4v) is 3.31. The molecule has 6 nitrogen and oxygen atoms in total. The van der Waals surface area contributed by atoms with Gasteiger partial charge < -0.3 is 14.3 Å². The highest BCUT2D eigenvalue weighted by Crippen LogP contribution is 2.24. The first-order valence-corrected chi connectivity index (χ1v) is 10.2. The molecule has 0 aliphatic heterocycles. The first-order valence-electron chi connectivity index (χ1n) is 10.2. The van der Waals surface area contributed by atoms with Crippen LogP contribution in [-0.2, 0) is 11.2 Å². The fraction of sp³-hybridized carbons (Fsp3) is 0.292. The van der Waals surface area contributed by atoms with Crippen LogP contribution in [0.3, 0.4) is 0 Å². The van der Waals surface area contributed by atoms with Crippen molar-refractivity contribution in [2.45, 2.75) is 45.6 Å². The van der Waals surface area contributed by atoms with Gasteiger partial charge in [0.25, 0.3) is 0 Å². The van der Waals surface area contributed by atoms with Crippen LogP contribution < -0.4 is 5.32 Å². The Labute approximate surface area is 175 Å². The Kier molecular flexibility index (Phi) is 5.65. The molecule has 154 valence electrons. The molecule has 30 heavy (non-hydrogen) atoms. The summed E-state index contributed by atoms with van der Waals surface area (Å²) < 4.78 is 11.1. The molecule has 0 saturated heterocycles. The Morgan fingerprint density at radius 2 is 1.83 bits per heavy atom. The van der Waals surface area contributed by atoms with Crippen LogP contribution in [0.25, 0.3) is 22.4 Å². The van der Waals surface area contributed by atoms with Gasteiger partial charge in [-0.1, -0.05) is 61.5 Å². The van der Waals surface area contributed by atoms with Gasteiger partial charge in [-0.15, -0.1) is 0 Å². The highest BCUT2D eigenvalue weighted by Gasteiger charge is 2.16. The minimum Gasteiger partial charge on any atom is -0.459 e. The maximum absolute atomic E-state index is 12.4. The number of carbonyl (C=O) groups excluding carboxylic acids is 1. The van der Waals surface area contributed by atoms with Crippen LogP contribution in [-0.4, -0.2) is 16.0 Å². The summed E-state index contributed by atoms with van der Waals surface area (Å²) in [6, 6.07) is 17.6. The molecular formula is C24H25N3O3. The van der Waals surface area contributed by atoms with Gasteiger partial charge in [0.1, 0.15) is 11.3 Å². The molecule has 1 amide bonds. The Morgan fingerprint density at radius 3 is 2.57 bits per heavy atom. The average Bonchev–Trinajstić information content (AvgIpc) is 3.39. The molecule has 1 unspecified atom stereocenters. The van der Waals surface area contributed by atoms with Crippen LogP contribution in [0.5, 0.6) is 0 Å².